The molecule has 0 spiro atoms. The van der Waals surface area contributed by atoms with Crippen LogP contribution >= 0.6 is 11.8 Å². The number of methoxy groups -OCH3 is 1. The van der Waals surface area contributed by atoms with Gasteiger partial charge in [0.05, 0.1) is 18.6 Å². The number of nitrogens with one attached hydrogen (secondary N) is 1. The molecule has 2 heterocycles. The van der Waals surface area contributed by atoms with Gasteiger partial charge in [-0.1, -0.05) is 23.9 Å². The largest absolute Gasteiger partial charge is 0.495 e. The van der Waals surface area contributed by atoms with Crippen molar-refractivity contribution in [2.24, 2.45) is 0 Å². The standard InChI is InChI=1S/C21H20FN7O3S/c1-12(31-14-9-7-13(22)8-10-14)18-28-29-21(32-18)33-11-17-25-19(23)27-20(26-17)24-15-5-3-4-6-16(15)30-2/h3-10,12H,11H2,1-2H3,(H3,23,24,25,26,27). The topological polar surface area (TPSA) is 134 Å². The van der Waals surface area contributed by atoms with Crippen molar-refractivity contribution in [2.75, 3.05) is 18.2 Å². The van der Waals surface area contributed by atoms with Gasteiger partial charge in [-0.05, 0) is 43.3 Å². The number of para-hydroxylation sites is 2. The summed E-state index contributed by atoms with van der Waals surface area (Å²) in [4.78, 5) is 12.7. The monoisotopic (exact) mass is 469 g/mol. The maximum atomic E-state index is 13.0. The van der Waals surface area contributed by atoms with Crippen molar-refractivity contribution in [1.82, 2.24) is 25.1 Å². The minimum atomic E-state index is -0.512. The summed E-state index contributed by atoms with van der Waals surface area (Å²) in [6, 6.07) is 13.1. The number of aromatic nitrogens is 5. The number of hydrogen-bond acceptors (Lipinski definition) is 11. The Morgan fingerprint density at radius 2 is 1.88 bits per heavy atom. The van der Waals surface area contributed by atoms with Gasteiger partial charge >= 0.3 is 0 Å². The highest BCUT2D eigenvalue weighted by molar-refractivity contribution is 7.98. The normalized spacial score (nSPS) is 11.7. The van der Waals surface area contributed by atoms with Crippen molar-refractivity contribution in [3.05, 3.63) is 66.1 Å². The first-order chi connectivity index (χ1) is 16.0. The summed E-state index contributed by atoms with van der Waals surface area (Å²) >= 11 is 1.25. The maximum absolute atomic E-state index is 13.0. The Morgan fingerprint density at radius 1 is 1.09 bits per heavy atom. The van der Waals surface area contributed by atoms with E-state index in [1.807, 2.05) is 24.3 Å². The zero-order valence-electron chi connectivity index (χ0n) is 17.7. The summed E-state index contributed by atoms with van der Waals surface area (Å²) in [6.07, 6.45) is -0.512. The van der Waals surface area contributed by atoms with E-state index in [1.165, 1.54) is 36.0 Å². The number of hydrogen-bond donors (Lipinski definition) is 2. The smallest absolute Gasteiger partial charge is 0.277 e. The molecule has 2 aromatic carbocycles. The number of anilines is 3. The molecule has 0 bridgehead atoms. The molecule has 0 amide bonds. The summed E-state index contributed by atoms with van der Waals surface area (Å²) in [5.74, 6) is 2.19. The number of benzene rings is 2. The van der Waals surface area contributed by atoms with Gasteiger partial charge in [-0.2, -0.15) is 15.0 Å². The molecule has 4 aromatic rings. The van der Waals surface area contributed by atoms with Gasteiger partial charge in [-0.25, -0.2) is 4.39 Å². The average molecular weight is 470 g/mol. The molecule has 0 aliphatic carbocycles. The van der Waals surface area contributed by atoms with E-state index in [2.05, 4.69) is 30.5 Å². The van der Waals surface area contributed by atoms with Crippen LogP contribution in [0.15, 0.2) is 58.2 Å². The average Bonchev–Trinajstić information content (AvgIpc) is 3.29. The first-order valence-electron chi connectivity index (χ1n) is 9.79. The Kier molecular flexibility index (Phi) is 6.83. The molecule has 0 saturated heterocycles. The summed E-state index contributed by atoms with van der Waals surface area (Å²) in [5, 5.41) is 11.4. The predicted molar refractivity (Wildman–Crippen MR) is 120 cm³/mol. The van der Waals surface area contributed by atoms with E-state index in [4.69, 9.17) is 19.6 Å². The lowest BCUT2D eigenvalue weighted by atomic mass is 10.3. The van der Waals surface area contributed by atoms with Gasteiger partial charge in [0.2, 0.25) is 11.9 Å². The molecule has 3 N–H and O–H groups in total. The summed E-state index contributed by atoms with van der Waals surface area (Å²) in [5.41, 5.74) is 6.54. The number of nitrogen functional groups attached to an aromatic ring is 1. The Balaban J connectivity index is 1.39. The van der Waals surface area contributed by atoms with Crippen LogP contribution in [0.3, 0.4) is 0 Å². The number of ether oxygens (including phenoxy) is 2. The van der Waals surface area contributed by atoms with E-state index in [0.29, 0.717) is 34.0 Å². The second-order valence-electron chi connectivity index (χ2n) is 6.67. The Hall–Kier alpha value is -3.93. The van der Waals surface area contributed by atoms with Crippen molar-refractivity contribution in [3.63, 3.8) is 0 Å². The zero-order valence-corrected chi connectivity index (χ0v) is 18.5. The van der Waals surface area contributed by atoms with Gasteiger partial charge in [-0.3, -0.25) is 0 Å². The molecular formula is C21H20FN7O3S. The number of rotatable bonds is 9. The molecule has 1 atom stereocenters. The second-order valence-corrected chi connectivity index (χ2v) is 7.59. The third kappa shape index (κ3) is 5.86. The fourth-order valence-corrected chi connectivity index (χ4v) is 3.39. The lowest BCUT2D eigenvalue weighted by Crippen LogP contribution is -2.07. The summed E-state index contributed by atoms with van der Waals surface area (Å²) in [6.45, 7) is 1.76. The highest BCUT2D eigenvalue weighted by Crippen LogP contribution is 2.27. The van der Waals surface area contributed by atoms with E-state index in [-0.39, 0.29) is 23.6 Å². The molecule has 33 heavy (non-hydrogen) atoms. The predicted octanol–water partition coefficient (Wildman–Crippen LogP) is 4.16. The molecule has 10 nitrogen and oxygen atoms in total. The molecule has 0 aliphatic rings. The quantitative estimate of drug-likeness (QED) is 0.342. The molecule has 0 saturated carbocycles. The first kappa shape index (κ1) is 22.3. The van der Waals surface area contributed by atoms with Crippen LogP contribution in [0.5, 0.6) is 11.5 Å². The number of halogens is 1. The van der Waals surface area contributed by atoms with Crippen LogP contribution in [0.4, 0.5) is 22.0 Å². The van der Waals surface area contributed by atoms with Crippen LogP contribution in [0.1, 0.15) is 24.7 Å². The van der Waals surface area contributed by atoms with E-state index >= 15 is 0 Å². The molecule has 0 fully saturated rings. The van der Waals surface area contributed by atoms with Crippen molar-refractivity contribution in [3.8, 4) is 11.5 Å². The molecule has 0 aliphatic heterocycles. The zero-order chi connectivity index (χ0) is 23.2. The minimum Gasteiger partial charge on any atom is -0.495 e. The highest BCUT2D eigenvalue weighted by atomic mass is 32.2. The molecule has 1 unspecified atom stereocenters. The maximum Gasteiger partial charge on any atom is 0.277 e. The van der Waals surface area contributed by atoms with Gasteiger partial charge in [-0.15, -0.1) is 10.2 Å². The van der Waals surface area contributed by atoms with E-state index in [9.17, 15) is 4.39 Å². The summed E-state index contributed by atoms with van der Waals surface area (Å²) in [7, 11) is 1.58. The molecular weight excluding hydrogens is 449 g/mol. The third-order valence-corrected chi connectivity index (χ3v) is 5.09. The van der Waals surface area contributed by atoms with Gasteiger partial charge in [0.25, 0.3) is 11.1 Å². The van der Waals surface area contributed by atoms with Crippen LogP contribution in [0.25, 0.3) is 0 Å². The first-order valence-corrected chi connectivity index (χ1v) is 10.8. The third-order valence-electron chi connectivity index (χ3n) is 4.27. The lowest BCUT2D eigenvalue weighted by Gasteiger charge is -2.10. The van der Waals surface area contributed by atoms with Gasteiger partial charge < -0.3 is 24.9 Å². The Morgan fingerprint density at radius 3 is 2.67 bits per heavy atom. The van der Waals surface area contributed by atoms with Crippen LogP contribution in [0.2, 0.25) is 0 Å². The van der Waals surface area contributed by atoms with Gasteiger partial charge in [0.1, 0.15) is 23.1 Å². The molecule has 170 valence electrons. The SMILES string of the molecule is COc1ccccc1Nc1nc(N)nc(CSc2nnc(C(C)Oc3ccc(F)cc3)o2)n1. The second kappa shape index (κ2) is 10.1. The van der Waals surface area contributed by atoms with E-state index in [0.717, 1.165) is 0 Å². The highest BCUT2D eigenvalue weighted by Gasteiger charge is 2.17. The van der Waals surface area contributed by atoms with E-state index < -0.39 is 6.10 Å². The van der Waals surface area contributed by atoms with E-state index in [1.54, 1.807) is 14.0 Å². The molecule has 4 rings (SSSR count). The van der Waals surface area contributed by atoms with Crippen LogP contribution in [-0.2, 0) is 5.75 Å². The van der Waals surface area contributed by atoms with Crippen molar-refractivity contribution in [2.45, 2.75) is 24.0 Å². The molecule has 12 heteroatoms. The van der Waals surface area contributed by atoms with Crippen LogP contribution in [-0.4, -0.2) is 32.3 Å². The van der Waals surface area contributed by atoms with Crippen molar-refractivity contribution >= 4 is 29.3 Å². The minimum absolute atomic E-state index is 0.0746. The van der Waals surface area contributed by atoms with Crippen molar-refractivity contribution in [1.29, 1.82) is 0 Å². The molecule has 2 aromatic heterocycles. The van der Waals surface area contributed by atoms with Crippen LogP contribution in [0, 0.1) is 5.82 Å². The molecule has 0 radical (unpaired) electrons. The fraction of sp³-hybridized carbons (Fsp3) is 0.190. The number of nitrogens with two attached hydrogens (primary N) is 1. The Bertz CT molecular complexity index is 1220. The van der Waals surface area contributed by atoms with Gasteiger partial charge in [0.15, 0.2) is 6.10 Å². The number of thioether (sulfide) groups is 1. The number of nitrogens with zero attached hydrogens (tertiary/aromatic N) is 5. The summed E-state index contributed by atoms with van der Waals surface area (Å²) < 4.78 is 29.7. The van der Waals surface area contributed by atoms with Gasteiger partial charge in [0, 0.05) is 0 Å². The fourth-order valence-electron chi connectivity index (χ4n) is 2.76. The van der Waals surface area contributed by atoms with Crippen molar-refractivity contribution < 1.29 is 18.3 Å². The Labute approximate surface area is 192 Å². The lowest BCUT2D eigenvalue weighted by molar-refractivity contribution is 0.181. The van der Waals surface area contributed by atoms with Crippen LogP contribution < -0.4 is 20.5 Å².